The van der Waals surface area contributed by atoms with E-state index >= 15 is 0 Å². The topological polar surface area (TPSA) is 112 Å². The molecule has 0 saturated carbocycles. The van der Waals surface area contributed by atoms with Crippen LogP contribution < -0.4 is 11.1 Å². The number of nitrogen functional groups attached to an aromatic ring is 1. The van der Waals surface area contributed by atoms with Crippen LogP contribution in [0.15, 0.2) is 42.1 Å². The van der Waals surface area contributed by atoms with E-state index in [9.17, 15) is 0 Å². The first-order valence-corrected chi connectivity index (χ1v) is 8.44. The average molecular weight is 384 g/mol. The highest BCUT2D eigenvalue weighted by Gasteiger charge is 2.24. The van der Waals surface area contributed by atoms with Crippen molar-refractivity contribution in [3.8, 4) is 0 Å². The lowest BCUT2D eigenvalue weighted by Gasteiger charge is -2.20. The zero-order valence-corrected chi connectivity index (χ0v) is 16.2. The average Bonchev–Trinajstić information content (AvgIpc) is 2.76. The number of hydrogen-bond acceptors (Lipinski definition) is 8. The molecule has 0 aromatic heterocycles. The summed E-state index contributed by atoms with van der Waals surface area (Å²) in [6.07, 6.45) is 0. The van der Waals surface area contributed by atoms with E-state index in [-0.39, 0.29) is 0 Å². The molecule has 0 heterocycles. The Labute approximate surface area is 168 Å². The number of nitrogens with one attached hydrogen (secondary N) is 1. The molecule has 0 atom stereocenters. The van der Waals surface area contributed by atoms with E-state index in [0.29, 0.717) is 50.9 Å². The number of anilines is 2. The summed E-state index contributed by atoms with van der Waals surface area (Å²) >= 11 is 0. The van der Waals surface area contributed by atoms with Gasteiger partial charge in [0.25, 0.3) is 0 Å². The fourth-order valence-electron chi connectivity index (χ4n) is 3.68. The smallest absolute Gasteiger partial charge is 0.116 e. The second-order valence-corrected chi connectivity index (χ2v) is 5.99. The number of nitrogens with two attached hydrogens (primary N) is 1. The summed E-state index contributed by atoms with van der Waals surface area (Å²) in [6.45, 7) is 21.9. The molecule has 0 fully saturated rings. The molecule has 8 heteroatoms. The van der Waals surface area contributed by atoms with Crippen LogP contribution in [0.5, 0.6) is 0 Å². The lowest BCUT2D eigenvalue weighted by atomic mass is 9.93. The van der Waals surface area contributed by atoms with Crippen molar-refractivity contribution in [2.45, 2.75) is 0 Å². The predicted octanol–water partition coefficient (Wildman–Crippen LogP) is 5.61. The van der Waals surface area contributed by atoms with Crippen molar-refractivity contribution in [1.29, 1.82) is 0 Å². The molecule has 29 heavy (non-hydrogen) atoms. The van der Waals surface area contributed by atoms with E-state index in [1.807, 2.05) is 12.1 Å². The van der Waals surface area contributed by atoms with Crippen LogP contribution in [-0.4, -0.2) is 47.4 Å². The molecule has 0 radical (unpaired) electrons. The van der Waals surface area contributed by atoms with Crippen molar-refractivity contribution >= 4 is 107 Å². The SMILES string of the molecule is C=Nc1c(N=C)c(N)c2c(ccc3c(N=C)c(N=C)c(N=C)c(NC)c32)c1N=C. The zero-order chi connectivity index (χ0) is 21.3. The first kappa shape index (κ1) is 19.6. The Morgan fingerprint density at radius 3 is 1.45 bits per heavy atom. The summed E-state index contributed by atoms with van der Waals surface area (Å²) in [4.78, 5) is 24.7. The highest BCUT2D eigenvalue weighted by molar-refractivity contribution is 6.29. The summed E-state index contributed by atoms with van der Waals surface area (Å²) in [5, 5.41) is 6.06. The standard InChI is InChI=1S/C21H20N8/c1-23-15-10-8-9-11-13(12(10)14(22)18(26-4)19(15)27-5)17(25-3)21(29-7)20(28-6)16(11)24-2/h8-9,25H,1-2,4-7,22H2,3H3. The molecule has 0 saturated heterocycles. The molecular formula is C21H20N8. The van der Waals surface area contributed by atoms with Gasteiger partial charge in [0.05, 0.1) is 22.7 Å². The Morgan fingerprint density at radius 2 is 1.03 bits per heavy atom. The minimum atomic E-state index is 0.372. The Balaban J connectivity index is 2.84. The Kier molecular flexibility index (Phi) is 5.01. The molecule has 0 unspecified atom stereocenters. The maximum atomic E-state index is 6.53. The number of benzene rings is 3. The van der Waals surface area contributed by atoms with Crippen LogP contribution in [0.1, 0.15) is 0 Å². The minimum Gasteiger partial charge on any atom is -0.396 e. The summed E-state index contributed by atoms with van der Waals surface area (Å²) in [5.74, 6) is 0. The maximum absolute atomic E-state index is 6.53. The van der Waals surface area contributed by atoms with Gasteiger partial charge < -0.3 is 11.1 Å². The second-order valence-electron chi connectivity index (χ2n) is 5.99. The van der Waals surface area contributed by atoms with Crippen molar-refractivity contribution in [3.05, 3.63) is 12.1 Å². The number of aliphatic imine (C=N–C) groups is 6. The second kappa shape index (κ2) is 7.43. The summed E-state index contributed by atoms with van der Waals surface area (Å²) in [5.41, 5.74) is 10.3. The van der Waals surface area contributed by atoms with Gasteiger partial charge in [-0.05, 0) is 40.3 Å². The van der Waals surface area contributed by atoms with Gasteiger partial charge in [-0.15, -0.1) is 0 Å². The van der Waals surface area contributed by atoms with Crippen molar-refractivity contribution in [1.82, 2.24) is 0 Å². The normalized spacial score (nSPS) is 10.5. The van der Waals surface area contributed by atoms with E-state index < -0.39 is 0 Å². The summed E-state index contributed by atoms with van der Waals surface area (Å²) in [6, 6.07) is 3.74. The molecule has 0 aliphatic rings. The fourth-order valence-corrected chi connectivity index (χ4v) is 3.68. The third-order valence-corrected chi connectivity index (χ3v) is 4.82. The highest BCUT2D eigenvalue weighted by Crippen LogP contribution is 2.55. The molecule has 3 N–H and O–H groups in total. The highest BCUT2D eigenvalue weighted by atomic mass is 14.9. The zero-order valence-electron chi connectivity index (χ0n) is 16.2. The van der Waals surface area contributed by atoms with Crippen molar-refractivity contribution in [2.75, 3.05) is 18.1 Å². The van der Waals surface area contributed by atoms with E-state index in [0.717, 1.165) is 16.2 Å². The van der Waals surface area contributed by atoms with E-state index in [4.69, 9.17) is 5.73 Å². The van der Waals surface area contributed by atoms with Crippen LogP contribution in [0.3, 0.4) is 0 Å². The molecule has 0 aliphatic carbocycles. The lowest BCUT2D eigenvalue weighted by Crippen LogP contribution is -1.96. The molecule has 0 bridgehead atoms. The lowest BCUT2D eigenvalue weighted by molar-refractivity contribution is 1.43. The summed E-state index contributed by atoms with van der Waals surface area (Å²) < 4.78 is 0. The Morgan fingerprint density at radius 1 is 0.621 bits per heavy atom. The van der Waals surface area contributed by atoms with Crippen molar-refractivity contribution < 1.29 is 0 Å². The number of hydrogen-bond donors (Lipinski definition) is 2. The van der Waals surface area contributed by atoms with Gasteiger partial charge in [0.15, 0.2) is 0 Å². The van der Waals surface area contributed by atoms with Gasteiger partial charge in [0.1, 0.15) is 22.7 Å². The molecule has 3 rings (SSSR count). The van der Waals surface area contributed by atoms with Gasteiger partial charge in [-0.2, -0.15) is 0 Å². The molecule has 3 aromatic rings. The van der Waals surface area contributed by atoms with E-state index in [1.165, 1.54) is 0 Å². The summed E-state index contributed by atoms with van der Waals surface area (Å²) in [7, 11) is 1.77. The van der Waals surface area contributed by atoms with Crippen LogP contribution in [-0.2, 0) is 0 Å². The Bertz CT molecular complexity index is 1250. The molecule has 3 aromatic carbocycles. The third-order valence-electron chi connectivity index (χ3n) is 4.82. The van der Waals surface area contributed by atoms with Crippen LogP contribution >= 0.6 is 0 Å². The van der Waals surface area contributed by atoms with Gasteiger partial charge in [-0.1, -0.05) is 12.1 Å². The van der Waals surface area contributed by atoms with Crippen LogP contribution in [0, 0.1) is 0 Å². The van der Waals surface area contributed by atoms with E-state index in [2.05, 4.69) is 75.6 Å². The first-order valence-electron chi connectivity index (χ1n) is 8.44. The van der Waals surface area contributed by atoms with Crippen LogP contribution in [0.2, 0.25) is 0 Å². The number of fused-ring (bicyclic) bond motifs is 3. The molecule has 8 nitrogen and oxygen atoms in total. The molecular weight excluding hydrogens is 364 g/mol. The van der Waals surface area contributed by atoms with Crippen LogP contribution in [0.4, 0.5) is 45.5 Å². The van der Waals surface area contributed by atoms with Gasteiger partial charge in [0, 0.05) is 28.6 Å². The van der Waals surface area contributed by atoms with E-state index in [1.54, 1.807) is 7.05 Å². The van der Waals surface area contributed by atoms with Gasteiger partial charge >= 0.3 is 0 Å². The quantitative estimate of drug-likeness (QED) is 0.313. The third kappa shape index (κ3) is 2.53. The first-order chi connectivity index (χ1) is 14.0. The van der Waals surface area contributed by atoms with Crippen molar-refractivity contribution in [3.63, 3.8) is 0 Å². The predicted molar refractivity (Wildman–Crippen MR) is 131 cm³/mol. The molecule has 0 spiro atoms. The molecule has 0 amide bonds. The van der Waals surface area contributed by atoms with Gasteiger partial charge in [-0.3, -0.25) is 30.0 Å². The Hall–Kier alpha value is -4.20. The fraction of sp³-hybridized carbons (Fsp3) is 0.0476. The molecule has 144 valence electrons. The number of rotatable bonds is 7. The largest absolute Gasteiger partial charge is 0.396 e. The van der Waals surface area contributed by atoms with Crippen molar-refractivity contribution in [2.24, 2.45) is 30.0 Å². The van der Waals surface area contributed by atoms with Gasteiger partial charge in [0.2, 0.25) is 0 Å². The minimum absolute atomic E-state index is 0.372. The number of nitrogens with zero attached hydrogens (tertiary/aromatic N) is 6. The molecule has 0 aliphatic heterocycles. The maximum Gasteiger partial charge on any atom is 0.116 e. The van der Waals surface area contributed by atoms with Gasteiger partial charge in [-0.25, -0.2) is 0 Å². The van der Waals surface area contributed by atoms with Crippen LogP contribution in [0.25, 0.3) is 21.5 Å². The monoisotopic (exact) mass is 384 g/mol.